The first-order valence-corrected chi connectivity index (χ1v) is 10.8. The van der Waals surface area contributed by atoms with Crippen molar-refractivity contribution in [3.63, 3.8) is 0 Å². The third kappa shape index (κ3) is 4.31. The summed E-state index contributed by atoms with van der Waals surface area (Å²) in [5.41, 5.74) is 0.337. The van der Waals surface area contributed by atoms with E-state index in [9.17, 15) is 9.59 Å². The first-order valence-electron chi connectivity index (χ1n) is 10.5. The van der Waals surface area contributed by atoms with Crippen LogP contribution in [-0.2, 0) is 15.1 Å². The topological polar surface area (TPSA) is 120 Å². The van der Waals surface area contributed by atoms with Gasteiger partial charge in [-0.1, -0.05) is 23.7 Å². The fourth-order valence-corrected chi connectivity index (χ4v) is 4.68. The van der Waals surface area contributed by atoms with Crippen LogP contribution in [0.25, 0.3) is 0 Å². The van der Waals surface area contributed by atoms with Crippen LogP contribution in [0, 0.1) is 5.41 Å². The number of hydrogen-bond acceptors (Lipinski definition) is 6. The second kappa shape index (κ2) is 8.84. The summed E-state index contributed by atoms with van der Waals surface area (Å²) in [4.78, 5) is 34.9. The van der Waals surface area contributed by atoms with Gasteiger partial charge in [0, 0.05) is 18.8 Å². The minimum Gasteiger partial charge on any atom is -0.378 e. The summed E-state index contributed by atoms with van der Waals surface area (Å²) in [5, 5.41) is 14.8. The zero-order chi connectivity index (χ0) is 22.9. The summed E-state index contributed by atoms with van der Waals surface area (Å²) in [7, 11) is 0. The molecule has 168 valence electrons. The van der Waals surface area contributed by atoms with Gasteiger partial charge in [-0.2, -0.15) is 0 Å². The van der Waals surface area contributed by atoms with E-state index in [1.54, 1.807) is 18.2 Å². The van der Waals surface area contributed by atoms with Gasteiger partial charge in [-0.15, -0.1) is 0 Å². The number of carbonyl (C=O) groups is 2. The van der Waals surface area contributed by atoms with Crippen LogP contribution in [0.2, 0.25) is 5.02 Å². The Balaban J connectivity index is 1.56. The molecule has 1 aromatic carbocycles. The highest BCUT2D eigenvalue weighted by atomic mass is 35.5. The van der Waals surface area contributed by atoms with Crippen LogP contribution in [0.4, 0.5) is 5.69 Å². The van der Waals surface area contributed by atoms with Gasteiger partial charge < -0.3 is 15.4 Å². The molecule has 2 amide bonds. The zero-order valence-electron chi connectivity index (χ0n) is 17.9. The first-order chi connectivity index (χ1) is 15.3. The lowest BCUT2D eigenvalue weighted by atomic mass is 9.85. The number of nitrogens with zero attached hydrogens (tertiary/aromatic N) is 3. The molecule has 10 heteroatoms. The highest BCUT2D eigenvalue weighted by Crippen LogP contribution is 2.38. The summed E-state index contributed by atoms with van der Waals surface area (Å²) in [6, 6.07) is 6.67. The predicted octanol–water partition coefficient (Wildman–Crippen LogP) is 2.92. The molecule has 2 saturated heterocycles. The minimum absolute atomic E-state index is 0.0484. The number of anilines is 1. The lowest BCUT2D eigenvalue weighted by molar-refractivity contribution is -0.134. The van der Waals surface area contributed by atoms with E-state index in [1.807, 2.05) is 13.8 Å². The Morgan fingerprint density at radius 1 is 1.41 bits per heavy atom. The molecular weight excluding hydrogens is 432 g/mol. The molecule has 2 aliphatic heterocycles. The van der Waals surface area contributed by atoms with E-state index in [-0.39, 0.29) is 36.1 Å². The molecule has 0 unspecified atom stereocenters. The molecule has 9 nitrogen and oxygen atoms in total. The Hall–Kier alpha value is -3.04. The highest BCUT2D eigenvalue weighted by molar-refractivity contribution is 6.35. The Morgan fingerprint density at radius 2 is 2.22 bits per heavy atom. The molecule has 2 aromatic rings. The van der Waals surface area contributed by atoms with Gasteiger partial charge >= 0.3 is 0 Å². The van der Waals surface area contributed by atoms with Gasteiger partial charge in [0.25, 0.3) is 5.91 Å². The van der Waals surface area contributed by atoms with Gasteiger partial charge in [0.2, 0.25) is 5.91 Å². The van der Waals surface area contributed by atoms with Crippen molar-refractivity contribution in [3.8, 4) is 0 Å². The highest BCUT2D eigenvalue weighted by Gasteiger charge is 2.43. The molecule has 0 spiro atoms. The van der Waals surface area contributed by atoms with Gasteiger partial charge in [-0.05, 0) is 44.4 Å². The van der Waals surface area contributed by atoms with Crippen molar-refractivity contribution >= 4 is 35.1 Å². The maximum absolute atomic E-state index is 13.1. The van der Waals surface area contributed by atoms with Crippen molar-refractivity contribution in [3.05, 3.63) is 53.1 Å². The average molecular weight is 457 g/mol. The molecule has 0 radical (unpaired) electrons. The number of carbonyl (C=O) groups excluding carboxylic acids is 2. The molecule has 2 fully saturated rings. The van der Waals surface area contributed by atoms with Crippen molar-refractivity contribution in [1.29, 1.82) is 5.41 Å². The zero-order valence-corrected chi connectivity index (χ0v) is 18.6. The SMILES string of the molecule is C[C@@H]1C[C@H](N2C(=N)N[C@](C)(c3cccc(NC(=O)c4ccncn4)c3Cl)CC2=O)CCO1. The third-order valence-electron chi connectivity index (χ3n) is 5.89. The first kappa shape index (κ1) is 22.2. The van der Waals surface area contributed by atoms with Crippen molar-refractivity contribution in [1.82, 2.24) is 20.2 Å². The Labute approximate surface area is 191 Å². The van der Waals surface area contributed by atoms with Crippen LogP contribution < -0.4 is 10.6 Å². The van der Waals surface area contributed by atoms with E-state index in [2.05, 4.69) is 20.6 Å². The molecule has 0 saturated carbocycles. The molecule has 0 aliphatic carbocycles. The normalized spacial score (nSPS) is 25.9. The van der Waals surface area contributed by atoms with Crippen LogP contribution >= 0.6 is 11.6 Å². The number of ether oxygens (including phenoxy) is 1. The van der Waals surface area contributed by atoms with Crippen LogP contribution in [0.5, 0.6) is 0 Å². The van der Waals surface area contributed by atoms with Crippen molar-refractivity contribution in [2.45, 2.75) is 50.8 Å². The second-order valence-corrected chi connectivity index (χ2v) is 8.70. The minimum atomic E-state index is -0.895. The number of benzene rings is 1. The van der Waals surface area contributed by atoms with Gasteiger partial charge in [0.15, 0.2) is 5.96 Å². The Morgan fingerprint density at radius 3 is 2.91 bits per heavy atom. The molecule has 3 atom stereocenters. The smallest absolute Gasteiger partial charge is 0.274 e. The largest absolute Gasteiger partial charge is 0.378 e. The maximum Gasteiger partial charge on any atom is 0.274 e. The van der Waals surface area contributed by atoms with Crippen LogP contribution in [0.1, 0.15) is 49.2 Å². The maximum atomic E-state index is 13.1. The van der Waals surface area contributed by atoms with Crippen molar-refractivity contribution in [2.24, 2.45) is 0 Å². The predicted molar refractivity (Wildman–Crippen MR) is 120 cm³/mol. The summed E-state index contributed by atoms with van der Waals surface area (Å²) >= 11 is 6.66. The summed E-state index contributed by atoms with van der Waals surface area (Å²) < 4.78 is 5.58. The van der Waals surface area contributed by atoms with Crippen LogP contribution in [0.3, 0.4) is 0 Å². The monoisotopic (exact) mass is 456 g/mol. The quantitative estimate of drug-likeness (QED) is 0.650. The average Bonchev–Trinajstić information content (AvgIpc) is 2.75. The summed E-state index contributed by atoms with van der Waals surface area (Å²) in [6.07, 6.45) is 4.34. The molecular formula is C22H25ClN6O3. The molecule has 32 heavy (non-hydrogen) atoms. The van der Waals surface area contributed by atoms with E-state index in [1.165, 1.54) is 23.5 Å². The molecule has 3 N–H and O–H groups in total. The van der Waals surface area contributed by atoms with Gasteiger partial charge in [-0.3, -0.25) is 19.9 Å². The molecule has 2 aliphatic rings. The summed E-state index contributed by atoms with van der Waals surface area (Å²) in [5.74, 6) is -0.506. The number of aromatic nitrogens is 2. The lowest BCUT2D eigenvalue weighted by Gasteiger charge is -2.45. The van der Waals surface area contributed by atoms with E-state index in [4.69, 9.17) is 21.7 Å². The number of nitrogens with one attached hydrogen (secondary N) is 3. The van der Waals surface area contributed by atoms with Gasteiger partial charge in [0.05, 0.1) is 28.8 Å². The standard InChI is InChI=1S/C22H25ClN6O3/c1-13-10-14(7-9-32-13)29-18(30)11-22(2,28-21(29)24)15-4-3-5-16(19(15)23)27-20(31)17-6-8-25-12-26-17/h3-6,8,12-14H,7,9-11H2,1-2H3,(H2,24,28)(H,27,31)/t13-,14-,22+/m1/s1. The van der Waals surface area contributed by atoms with Crippen molar-refractivity contribution in [2.75, 3.05) is 11.9 Å². The van der Waals surface area contributed by atoms with E-state index in [0.717, 1.165) is 0 Å². The molecule has 1 aromatic heterocycles. The van der Waals surface area contributed by atoms with Crippen LogP contribution in [0.15, 0.2) is 36.8 Å². The van der Waals surface area contributed by atoms with Gasteiger partial charge in [0.1, 0.15) is 12.0 Å². The lowest BCUT2D eigenvalue weighted by Crippen LogP contribution is -2.63. The fourth-order valence-electron chi connectivity index (χ4n) is 4.30. The third-order valence-corrected chi connectivity index (χ3v) is 6.29. The summed E-state index contributed by atoms with van der Waals surface area (Å²) in [6.45, 7) is 4.38. The number of halogens is 1. The van der Waals surface area contributed by atoms with Crippen molar-refractivity contribution < 1.29 is 14.3 Å². The fraction of sp³-hybridized carbons (Fsp3) is 0.409. The van der Waals surface area contributed by atoms with Crippen LogP contribution in [-0.4, -0.2) is 51.4 Å². The Bertz CT molecular complexity index is 1030. The van der Waals surface area contributed by atoms with E-state index in [0.29, 0.717) is 35.7 Å². The van der Waals surface area contributed by atoms with E-state index < -0.39 is 11.4 Å². The molecule has 0 bridgehead atoms. The number of rotatable bonds is 4. The van der Waals surface area contributed by atoms with Gasteiger partial charge in [-0.25, -0.2) is 9.97 Å². The van der Waals surface area contributed by atoms with E-state index >= 15 is 0 Å². The molecule has 3 heterocycles. The Kier molecular flexibility index (Phi) is 6.12. The second-order valence-electron chi connectivity index (χ2n) is 8.32. The number of hydrogen-bond donors (Lipinski definition) is 3. The number of amides is 2. The molecule has 4 rings (SSSR count). The number of guanidine groups is 1.